The smallest absolute Gasteiger partial charge is 0.415 e. The first-order valence-electron chi connectivity index (χ1n) is 9.69. The van der Waals surface area contributed by atoms with Gasteiger partial charge in [0.2, 0.25) is 0 Å². The fourth-order valence-electron chi connectivity index (χ4n) is 4.50. The largest absolute Gasteiger partial charge is 0.507 e. The highest BCUT2D eigenvalue weighted by molar-refractivity contribution is 6.21. The van der Waals surface area contributed by atoms with Crippen molar-refractivity contribution < 1.29 is 19.6 Å². The zero-order valence-electron chi connectivity index (χ0n) is 17.1. The van der Waals surface area contributed by atoms with Crippen LogP contribution >= 0.6 is 0 Å². The van der Waals surface area contributed by atoms with E-state index in [1.807, 2.05) is 30.3 Å². The predicted molar refractivity (Wildman–Crippen MR) is 114 cm³/mol. The van der Waals surface area contributed by atoms with Crippen LogP contribution < -0.4 is 25.7 Å². The summed E-state index contributed by atoms with van der Waals surface area (Å²) in [5.74, 6) is 0.697. The number of hydrogen-bond donors (Lipinski definition) is 3. The minimum Gasteiger partial charge on any atom is -0.507 e. The summed E-state index contributed by atoms with van der Waals surface area (Å²) < 4.78 is 12.5. The van der Waals surface area contributed by atoms with E-state index in [4.69, 9.17) is 9.47 Å². The summed E-state index contributed by atoms with van der Waals surface area (Å²) >= 11 is 0. The van der Waals surface area contributed by atoms with E-state index in [0.29, 0.717) is 45.3 Å². The Morgan fingerprint density at radius 2 is 1.77 bits per heavy atom. The monoisotopic (exact) mass is 418 g/mol. The number of fused-ring (bicyclic) bond motifs is 4. The standard InChI is InChI=1S/C23H19N3O5/c1-26-21-17(22(28)25-23(26)29)15(13-9-6-10-14(30-2)20(13)31-3)16-18(24-21)11-7-4-5-8-12(11)19(16)27/h4-10,15,27H,1-3H3,(H,25,28,29)/p+1. The van der Waals surface area contributed by atoms with Crippen molar-refractivity contribution >= 4 is 17.3 Å². The molecule has 3 aromatic rings. The molecule has 2 aromatic carbocycles. The molecule has 156 valence electrons. The van der Waals surface area contributed by atoms with Crippen molar-refractivity contribution in [1.29, 1.82) is 0 Å². The van der Waals surface area contributed by atoms with Crippen LogP contribution in [0.5, 0.6) is 11.5 Å². The Labute approximate surface area is 176 Å². The summed E-state index contributed by atoms with van der Waals surface area (Å²) in [5, 5.41) is 11.2. The van der Waals surface area contributed by atoms with Crippen LogP contribution in [0.15, 0.2) is 57.6 Å². The number of aliphatic hydroxyl groups is 1. The molecule has 1 unspecified atom stereocenters. The van der Waals surface area contributed by atoms with Crippen LogP contribution in [-0.2, 0) is 7.05 Å². The van der Waals surface area contributed by atoms with E-state index in [0.717, 1.165) is 5.56 Å². The number of para-hydroxylation sites is 1. The molecule has 0 amide bonds. The van der Waals surface area contributed by atoms with Gasteiger partial charge < -0.3 is 14.6 Å². The predicted octanol–water partition coefficient (Wildman–Crippen LogP) is 0.720. The second-order valence-electron chi connectivity index (χ2n) is 7.40. The fraction of sp³-hybridized carbons (Fsp3) is 0.174. The van der Waals surface area contributed by atoms with Gasteiger partial charge in [0, 0.05) is 16.7 Å². The molecular formula is C23H20N3O5+. The molecular weight excluding hydrogens is 398 g/mol. The Hall–Kier alpha value is -4.07. The molecule has 0 radical (unpaired) electrons. The summed E-state index contributed by atoms with van der Waals surface area (Å²) in [4.78, 5) is 31.0. The van der Waals surface area contributed by atoms with Gasteiger partial charge in [0.25, 0.3) is 11.4 Å². The third-order valence-electron chi connectivity index (χ3n) is 5.90. The van der Waals surface area contributed by atoms with Crippen molar-refractivity contribution in [2.75, 3.05) is 14.2 Å². The van der Waals surface area contributed by atoms with E-state index in [-0.39, 0.29) is 5.76 Å². The van der Waals surface area contributed by atoms with E-state index < -0.39 is 17.2 Å². The molecule has 8 nitrogen and oxygen atoms in total. The van der Waals surface area contributed by atoms with Crippen molar-refractivity contribution in [2.24, 2.45) is 7.05 Å². The van der Waals surface area contributed by atoms with Crippen molar-refractivity contribution in [1.82, 2.24) is 9.55 Å². The number of aliphatic hydroxyl groups excluding tert-OH is 1. The van der Waals surface area contributed by atoms with Gasteiger partial charge in [0.05, 0.1) is 32.8 Å². The van der Waals surface area contributed by atoms with Gasteiger partial charge >= 0.3 is 5.69 Å². The molecule has 1 aromatic heterocycles. The van der Waals surface area contributed by atoms with Crippen LogP contribution in [0.1, 0.15) is 28.2 Å². The number of aromatic amines is 1. The van der Waals surface area contributed by atoms with Crippen molar-refractivity contribution in [3.63, 3.8) is 0 Å². The van der Waals surface area contributed by atoms with Gasteiger partial charge in [-0.25, -0.2) is 9.79 Å². The highest BCUT2D eigenvalue weighted by Gasteiger charge is 2.45. The lowest BCUT2D eigenvalue weighted by atomic mass is 9.81. The maximum absolute atomic E-state index is 13.0. The minimum atomic E-state index is -0.695. The van der Waals surface area contributed by atoms with Crippen LogP contribution in [-0.4, -0.2) is 34.6 Å². The molecule has 1 aliphatic heterocycles. The zero-order valence-corrected chi connectivity index (χ0v) is 17.1. The van der Waals surface area contributed by atoms with Crippen LogP contribution in [0.2, 0.25) is 0 Å². The van der Waals surface area contributed by atoms with Gasteiger partial charge in [-0.05, 0) is 12.1 Å². The molecule has 31 heavy (non-hydrogen) atoms. The number of aromatic nitrogens is 2. The number of ether oxygens (including phenoxy) is 2. The average molecular weight is 418 g/mol. The first-order valence-corrected chi connectivity index (χ1v) is 9.69. The zero-order chi connectivity index (χ0) is 21.9. The molecule has 0 spiro atoms. The SMILES string of the molecule is COc1cccc(C2C3=C(O)c4ccccc4C3=[NH+]c3c2c(=O)[nH]c(=O)n3C)c1OC. The number of H-pyrrole nitrogens is 1. The summed E-state index contributed by atoms with van der Waals surface area (Å²) in [5.41, 5.74) is 2.53. The third kappa shape index (κ3) is 2.51. The first-order chi connectivity index (χ1) is 15.0. The number of allylic oxidation sites excluding steroid dienone is 1. The summed E-state index contributed by atoms with van der Waals surface area (Å²) in [7, 11) is 4.64. The summed E-state index contributed by atoms with van der Waals surface area (Å²) in [6, 6.07) is 12.8. The van der Waals surface area contributed by atoms with Gasteiger partial charge in [-0.1, -0.05) is 30.3 Å². The van der Waals surface area contributed by atoms with Crippen LogP contribution in [0.3, 0.4) is 0 Å². The minimum absolute atomic E-state index is 0.0758. The lowest BCUT2D eigenvalue weighted by molar-refractivity contribution is -0.364. The molecule has 0 bridgehead atoms. The number of methoxy groups -OCH3 is 2. The Kier molecular flexibility index (Phi) is 4.11. The lowest BCUT2D eigenvalue weighted by Crippen LogP contribution is -2.72. The van der Waals surface area contributed by atoms with Crippen molar-refractivity contribution in [2.45, 2.75) is 5.92 Å². The topological polar surface area (TPSA) is 108 Å². The van der Waals surface area contributed by atoms with Gasteiger partial charge in [-0.15, -0.1) is 0 Å². The van der Waals surface area contributed by atoms with Crippen molar-refractivity contribution in [3.8, 4) is 11.5 Å². The summed E-state index contributed by atoms with van der Waals surface area (Å²) in [6.45, 7) is 0. The van der Waals surface area contributed by atoms with E-state index in [1.54, 1.807) is 19.2 Å². The highest BCUT2D eigenvalue weighted by Crippen LogP contribution is 2.47. The maximum Gasteiger partial charge on any atom is 0.415 e. The fourth-order valence-corrected chi connectivity index (χ4v) is 4.50. The van der Waals surface area contributed by atoms with E-state index in [9.17, 15) is 14.7 Å². The first kappa shape index (κ1) is 18.9. The molecule has 0 fully saturated rings. The quantitative estimate of drug-likeness (QED) is 0.581. The number of hydrogen-bond acceptors (Lipinski definition) is 5. The van der Waals surface area contributed by atoms with Crippen LogP contribution in [0, 0.1) is 0 Å². The molecule has 2 aliphatic rings. The molecule has 1 aliphatic carbocycles. The molecule has 0 saturated heterocycles. The third-order valence-corrected chi connectivity index (χ3v) is 5.90. The number of nitrogens with zero attached hydrogens (tertiary/aromatic N) is 1. The van der Waals surface area contributed by atoms with Crippen molar-refractivity contribution in [3.05, 3.63) is 91.1 Å². The Morgan fingerprint density at radius 1 is 1.03 bits per heavy atom. The van der Waals surface area contributed by atoms with Gasteiger partial charge in [0.15, 0.2) is 11.5 Å². The lowest BCUT2D eigenvalue weighted by Gasteiger charge is -2.25. The van der Waals surface area contributed by atoms with Gasteiger partial charge in [-0.3, -0.25) is 9.78 Å². The molecule has 3 N–H and O–H groups in total. The van der Waals surface area contributed by atoms with E-state index >= 15 is 0 Å². The summed E-state index contributed by atoms with van der Waals surface area (Å²) in [6.07, 6.45) is 0. The van der Waals surface area contributed by atoms with E-state index in [1.165, 1.54) is 18.8 Å². The number of benzene rings is 2. The van der Waals surface area contributed by atoms with E-state index in [2.05, 4.69) is 9.98 Å². The molecule has 5 rings (SSSR count). The average Bonchev–Trinajstić information content (AvgIpc) is 3.07. The van der Waals surface area contributed by atoms with Gasteiger partial charge in [0.1, 0.15) is 17.0 Å². The Morgan fingerprint density at radius 3 is 2.48 bits per heavy atom. The molecule has 2 heterocycles. The normalized spacial score (nSPS) is 16.4. The molecule has 8 heteroatoms. The van der Waals surface area contributed by atoms with Gasteiger partial charge in [-0.2, -0.15) is 4.57 Å². The molecule has 0 saturated carbocycles. The second kappa shape index (κ2) is 6.73. The molecule has 1 atom stereocenters. The maximum atomic E-state index is 13.0. The Balaban J connectivity index is 1.94. The highest BCUT2D eigenvalue weighted by atomic mass is 16.5. The number of rotatable bonds is 3. The van der Waals surface area contributed by atoms with Crippen LogP contribution in [0.25, 0.3) is 5.76 Å². The van der Waals surface area contributed by atoms with Crippen LogP contribution in [0.4, 0.5) is 5.82 Å². The number of nitrogens with one attached hydrogen (secondary N) is 2. The second-order valence-corrected chi connectivity index (χ2v) is 7.40. The Bertz CT molecular complexity index is 1430.